The normalized spacial score (nSPS) is 15.1. The Bertz CT molecular complexity index is 3740. The zero-order valence-electron chi connectivity index (χ0n) is 50.0. The first-order valence-corrected chi connectivity index (χ1v) is 29.9. The van der Waals surface area contributed by atoms with Gasteiger partial charge >= 0.3 is 201 Å². The molecule has 0 bridgehead atoms. The number of aryl methyl sites for hydroxylation is 4. The third-order valence-corrected chi connectivity index (χ3v) is 17.0. The summed E-state index contributed by atoms with van der Waals surface area (Å²) in [6.07, 6.45) is 1.30. The molecule has 0 spiro atoms. The fraction of sp³-hybridized carbons (Fsp3) is 0.224. The van der Waals surface area contributed by atoms with E-state index in [0.717, 1.165) is 33.4 Å². The van der Waals surface area contributed by atoms with Gasteiger partial charge in [-0.05, 0) is 37.9 Å². The van der Waals surface area contributed by atoms with Gasteiger partial charge in [-0.15, -0.1) is 58.9 Å². The number of rotatable bonds is 8. The van der Waals surface area contributed by atoms with E-state index >= 15 is 4.39 Å². The molecule has 4 heterocycles. The number of pyridine rings is 1. The Morgan fingerprint density at radius 2 is 1.48 bits per heavy atom. The van der Waals surface area contributed by atoms with E-state index in [1.165, 1.54) is 40.4 Å². The van der Waals surface area contributed by atoms with Gasteiger partial charge in [0.1, 0.15) is 5.01 Å². The first-order chi connectivity index (χ1) is 36.4. The predicted molar refractivity (Wildman–Crippen MR) is 278 cm³/mol. The number of halogens is 1. The third-order valence-electron chi connectivity index (χ3n) is 11.8. The molecule has 10 rings (SSSR count). The van der Waals surface area contributed by atoms with Crippen LogP contribution in [-0.2, 0) is 20.1 Å². The van der Waals surface area contributed by atoms with Crippen LogP contribution in [0, 0.1) is 45.4 Å². The zero-order chi connectivity index (χ0) is 56.6. The number of para-hydroxylation sites is 2. The van der Waals surface area contributed by atoms with Gasteiger partial charge in [0.15, 0.2) is 11.4 Å². The predicted octanol–water partition coefficient (Wildman–Crippen LogP) is 15.9. The van der Waals surface area contributed by atoms with Crippen molar-refractivity contribution in [1.29, 1.82) is 0 Å². The molecule has 0 fully saturated rings. The van der Waals surface area contributed by atoms with Crippen molar-refractivity contribution >= 4 is 62.0 Å². The Kier molecular flexibility index (Phi) is 9.97. The number of thiazole rings is 1. The van der Waals surface area contributed by atoms with Gasteiger partial charge in [0, 0.05) is 53.0 Å². The second-order valence-corrected chi connectivity index (χ2v) is 29.7. The minimum atomic E-state index is -2.79. The molecule has 10 aromatic rings. The molecule has 0 amide bonds. The Hall–Kier alpha value is -5.51. The van der Waals surface area contributed by atoms with Gasteiger partial charge in [0.2, 0.25) is 0 Å². The molecule has 0 unspecified atom stereocenters. The van der Waals surface area contributed by atoms with E-state index in [1.807, 2.05) is 24.3 Å². The van der Waals surface area contributed by atoms with E-state index < -0.39 is 57.1 Å². The van der Waals surface area contributed by atoms with Crippen LogP contribution in [0.4, 0.5) is 4.39 Å². The summed E-state index contributed by atoms with van der Waals surface area (Å²) in [4.78, 5) is 13.0. The molecule has 5 nitrogen and oxygen atoms in total. The SMILES string of the molecule is [2H]C([2H])([2H])c1c[c-]c(-c2ccc(C([2H])([2H])[2H])cn2)cc1.[2H]C([2H])([2H])c1nc(-c2ccc3c(oc4c(-c5nc6ccccc6n5-c5c(C(C)C)cc(-c6cc[c]([Ge]([CH3])([CH3])[CH3])cc6)cc5C(C)C)[c-]ccc43)c2F)sc1C([2H])([2H])[2H].[Ir]. The second-order valence-electron chi connectivity index (χ2n) is 18.0. The summed E-state index contributed by atoms with van der Waals surface area (Å²) in [5.41, 5.74) is 9.18. The van der Waals surface area contributed by atoms with Crippen LogP contribution in [0.15, 0.2) is 126 Å². The van der Waals surface area contributed by atoms with Crippen LogP contribution in [0.1, 0.15) is 88.8 Å². The maximum absolute atomic E-state index is 16.7. The van der Waals surface area contributed by atoms with Crippen molar-refractivity contribution in [2.75, 3.05) is 0 Å². The smallest absolute Gasteiger partial charge is 0.202 e. The number of aromatic nitrogens is 4. The molecular formula is C58H55FGeIrN4OS-2. The van der Waals surface area contributed by atoms with E-state index in [-0.39, 0.29) is 59.2 Å². The van der Waals surface area contributed by atoms with Gasteiger partial charge < -0.3 is 9.40 Å². The van der Waals surface area contributed by atoms with Crippen molar-refractivity contribution < 1.29 is 45.4 Å². The molecule has 9 heteroatoms. The van der Waals surface area contributed by atoms with Crippen molar-refractivity contribution in [3.63, 3.8) is 0 Å². The van der Waals surface area contributed by atoms with E-state index in [1.54, 1.807) is 24.3 Å². The third kappa shape index (κ3) is 9.39. The summed E-state index contributed by atoms with van der Waals surface area (Å²) in [7, 11) is 0. The Morgan fingerprint density at radius 1 is 0.746 bits per heavy atom. The summed E-state index contributed by atoms with van der Waals surface area (Å²) in [5.74, 6) is 7.33. The van der Waals surface area contributed by atoms with Gasteiger partial charge in [-0.1, -0.05) is 36.5 Å². The van der Waals surface area contributed by atoms with Crippen LogP contribution < -0.4 is 4.40 Å². The van der Waals surface area contributed by atoms with Crippen LogP contribution in [0.2, 0.25) is 17.3 Å². The van der Waals surface area contributed by atoms with Crippen LogP contribution in [0.5, 0.6) is 0 Å². The average Bonchev–Trinajstić information content (AvgIpc) is 4.32. The number of furan rings is 1. The van der Waals surface area contributed by atoms with E-state index in [0.29, 0.717) is 50.3 Å². The first-order valence-electron chi connectivity index (χ1n) is 27.8. The number of fused-ring (bicyclic) bond motifs is 4. The second kappa shape index (κ2) is 19.2. The fourth-order valence-electron chi connectivity index (χ4n) is 8.24. The zero-order valence-corrected chi connectivity index (χ0v) is 43.3. The summed E-state index contributed by atoms with van der Waals surface area (Å²) in [5, 5.41) is 1.09. The summed E-state index contributed by atoms with van der Waals surface area (Å²) in [6, 6.07) is 42.3. The molecule has 0 atom stereocenters. The monoisotopic (exact) mass is 1150 g/mol. The van der Waals surface area contributed by atoms with Crippen molar-refractivity contribution in [2.24, 2.45) is 0 Å². The van der Waals surface area contributed by atoms with Crippen LogP contribution in [-0.4, -0.2) is 32.8 Å². The van der Waals surface area contributed by atoms with Gasteiger partial charge in [-0.25, -0.2) is 9.37 Å². The molecule has 0 aliphatic heterocycles. The quantitative estimate of drug-likeness (QED) is 0.112. The first kappa shape index (κ1) is 34.7. The summed E-state index contributed by atoms with van der Waals surface area (Å²) >= 11 is -1.35. The van der Waals surface area contributed by atoms with E-state index in [9.17, 15) is 0 Å². The molecule has 67 heavy (non-hydrogen) atoms. The molecule has 0 aliphatic carbocycles. The van der Waals surface area contributed by atoms with Crippen LogP contribution in [0.25, 0.3) is 83.0 Å². The molecule has 6 aromatic carbocycles. The van der Waals surface area contributed by atoms with Gasteiger partial charge in [0.05, 0.1) is 11.3 Å². The topological polar surface area (TPSA) is 56.7 Å². The molecule has 1 radical (unpaired) electrons. The standard InChI is InChI=1S/C45H43FGeN3OS.C13H12N.Ir/c1-25(2)36-23-30(29-17-19-31(20-18-29)47(7,8)9)24-37(26(3)4)41(36)50-39-16-11-10-15-38(39)49-44(50)35-14-12-13-32-33-21-22-34(40(46)43(33)51-42(32)35)45-48-27(5)28(6)52-45;1-10-3-6-12(7-4-10)13-8-5-11(2)9-14-13;/h10-13,15-26H,1-9H3;3-6,8-9H,1-2H3;/q2*-1;/i5D3,6D3;1D3,2D3;. The molecule has 0 N–H and O–H groups in total. The van der Waals surface area contributed by atoms with Gasteiger partial charge in [-0.3, -0.25) is 0 Å². The molecule has 0 saturated carbocycles. The van der Waals surface area contributed by atoms with Crippen molar-refractivity contribution in [3.05, 3.63) is 172 Å². The van der Waals surface area contributed by atoms with E-state index in [4.69, 9.17) is 25.9 Å². The van der Waals surface area contributed by atoms with Gasteiger partial charge in [0.25, 0.3) is 0 Å². The Labute approximate surface area is 431 Å². The summed E-state index contributed by atoms with van der Waals surface area (Å²) < 4.78 is 118. The van der Waals surface area contributed by atoms with Crippen LogP contribution in [0.3, 0.4) is 0 Å². The molecule has 341 valence electrons. The van der Waals surface area contributed by atoms with Gasteiger partial charge in [-0.2, -0.15) is 0 Å². The Balaban J connectivity index is 0.000000330. The van der Waals surface area contributed by atoms with E-state index in [2.05, 4.69) is 114 Å². The minimum Gasteiger partial charge on any atom is -0.202 e. The minimum absolute atomic E-state index is 0. The number of nitrogens with zero attached hydrogens (tertiary/aromatic N) is 4. The number of benzene rings is 6. The Morgan fingerprint density at radius 3 is 2.10 bits per heavy atom. The number of hydrogen-bond donors (Lipinski definition) is 0. The molecule has 4 aromatic heterocycles. The number of imidazole rings is 1. The summed E-state index contributed by atoms with van der Waals surface area (Å²) in [6.45, 7) is -1.04. The molecular weight excluding hydrogens is 1080 g/mol. The maximum atomic E-state index is 16.7. The van der Waals surface area contributed by atoms with Crippen molar-refractivity contribution in [3.8, 4) is 50.0 Å². The molecule has 0 saturated heterocycles. The average molecular weight is 1150 g/mol. The van der Waals surface area contributed by atoms with Crippen molar-refractivity contribution in [2.45, 2.75) is 84.2 Å². The van der Waals surface area contributed by atoms with Crippen molar-refractivity contribution in [1.82, 2.24) is 19.5 Å². The number of hydrogen-bond acceptors (Lipinski definition) is 5. The fourth-order valence-corrected chi connectivity index (χ4v) is 11.4. The molecule has 0 aliphatic rings. The van der Waals surface area contributed by atoms with Crippen LogP contribution >= 0.6 is 11.3 Å².